The van der Waals surface area contributed by atoms with Gasteiger partial charge in [-0.1, -0.05) is 0 Å². The van der Waals surface area contributed by atoms with Crippen molar-refractivity contribution in [2.24, 2.45) is 0 Å². The maximum atomic E-state index is 13.1. The first-order valence-electron chi connectivity index (χ1n) is 7.47. The number of rotatable bonds is 5. The van der Waals surface area contributed by atoms with Gasteiger partial charge in [-0.3, -0.25) is 4.79 Å². The minimum atomic E-state index is -1.34. The first-order valence-corrected chi connectivity index (χ1v) is 7.47. The molecule has 0 aliphatic heterocycles. The summed E-state index contributed by atoms with van der Waals surface area (Å²) < 4.78 is 14.7. The van der Waals surface area contributed by atoms with Gasteiger partial charge in [0.05, 0.1) is 17.8 Å². The zero-order valence-corrected chi connectivity index (χ0v) is 14.1. The van der Waals surface area contributed by atoms with Crippen molar-refractivity contribution in [1.29, 1.82) is 0 Å². The summed E-state index contributed by atoms with van der Waals surface area (Å²) in [5.41, 5.74) is 1.49. The van der Waals surface area contributed by atoms with Crippen LogP contribution in [0.4, 0.5) is 4.39 Å². The molecule has 0 saturated carbocycles. The first kappa shape index (κ1) is 17.7. The quantitative estimate of drug-likeness (QED) is 0.878. The number of aromatic nitrogens is 2. The lowest BCUT2D eigenvalue weighted by Gasteiger charge is -2.21. The second kappa shape index (κ2) is 6.43. The van der Waals surface area contributed by atoms with Gasteiger partial charge in [0, 0.05) is 11.3 Å². The topological polar surface area (TPSA) is 84.2 Å². The van der Waals surface area contributed by atoms with Crippen LogP contribution < -0.4 is 5.32 Å². The van der Waals surface area contributed by atoms with Crippen LogP contribution in [0.25, 0.3) is 5.69 Å². The Bertz CT molecular complexity index is 779. The molecule has 0 radical (unpaired) electrons. The monoisotopic (exact) mass is 333 g/mol. The number of hydrogen-bond acceptors (Lipinski definition) is 3. The SMILES string of the molecule is Cc1nn(-c2ccc(F)cc2)c(C)c1CC(=O)NC(C)(C)C(=O)O. The predicted octanol–water partition coefficient (Wildman–Crippen LogP) is 2.15. The number of amides is 1. The fourth-order valence-electron chi connectivity index (χ4n) is 2.37. The van der Waals surface area contributed by atoms with Crippen LogP contribution in [0.1, 0.15) is 30.8 Å². The van der Waals surface area contributed by atoms with E-state index in [0.29, 0.717) is 11.4 Å². The van der Waals surface area contributed by atoms with Crippen LogP contribution in [0.3, 0.4) is 0 Å². The third kappa shape index (κ3) is 3.61. The zero-order valence-electron chi connectivity index (χ0n) is 14.1. The lowest BCUT2D eigenvalue weighted by atomic mass is 10.0. The fourth-order valence-corrected chi connectivity index (χ4v) is 2.37. The molecule has 1 aromatic heterocycles. The molecule has 0 bridgehead atoms. The average Bonchev–Trinajstić information content (AvgIpc) is 2.75. The Labute approximate surface area is 139 Å². The number of carbonyl (C=O) groups excluding carboxylic acids is 1. The second-order valence-corrected chi connectivity index (χ2v) is 6.19. The summed E-state index contributed by atoms with van der Waals surface area (Å²) in [4.78, 5) is 23.3. The Hall–Kier alpha value is -2.70. The average molecular weight is 333 g/mol. The van der Waals surface area contributed by atoms with Gasteiger partial charge in [0.2, 0.25) is 5.91 Å². The van der Waals surface area contributed by atoms with Gasteiger partial charge < -0.3 is 10.4 Å². The number of aliphatic carboxylic acids is 1. The number of nitrogens with zero attached hydrogens (tertiary/aromatic N) is 2. The fraction of sp³-hybridized carbons (Fsp3) is 0.353. The summed E-state index contributed by atoms with van der Waals surface area (Å²) >= 11 is 0. The highest BCUT2D eigenvalue weighted by molar-refractivity contribution is 5.87. The lowest BCUT2D eigenvalue weighted by molar-refractivity contribution is -0.145. The molecule has 128 valence electrons. The van der Waals surface area contributed by atoms with E-state index in [4.69, 9.17) is 5.11 Å². The molecule has 1 aromatic carbocycles. The van der Waals surface area contributed by atoms with Crippen molar-refractivity contribution in [1.82, 2.24) is 15.1 Å². The van der Waals surface area contributed by atoms with Gasteiger partial charge in [-0.15, -0.1) is 0 Å². The van der Waals surface area contributed by atoms with E-state index >= 15 is 0 Å². The molecular weight excluding hydrogens is 313 g/mol. The van der Waals surface area contributed by atoms with Gasteiger partial charge >= 0.3 is 5.97 Å². The summed E-state index contributed by atoms with van der Waals surface area (Å²) in [6, 6.07) is 5.89. The summed E-state index contributed by atoms with van der Waals surface area (Å²) in [6.45, 7) is 6.44. The van der Waals surface area contributed by atoms with Crippen LogP contribution in [-0.4, -0.2) is 32.3 Å². The number of carboxylic acid groups (broad SMARTS) is 1. The second-order valence-electron chi connectivity index (χ2n) is 6.19. The molecule has 2 rings (SSSR count). The van der Waals surface area contributed by atoms with Crippen LogP contribution in [0.2, 0.25) is 0 Å². The number of benzene rings is 1. The molecule has 7 heteroatoms. The van der Waals surface area contributed by atoms with Crippen molar-refractivity contribution in [3.05, 3.63) is 47.0 Å². The third-order valence-electron chi connectivity index (χ3n) is 3.84. The molecule has 0 spiro atoms. The number of hydrogen-bond donors (Lipinski definition) is 2. The Morgan fingerprint density at radius 3 is 2.38 bits per heavy atom. The molecule has 0 saturated heterocycles. The smallest absolute Gasteiger partial charge is 0.328 e. The van der Waals surface area contributed by atoms with E-state index in [0.717, 1.165) is 11.3 Å². The largest absolute Gasteiger partial charge is 0.480 e. The number of nitrogens with one attached hydrogen (secondary N) is 1. The van der Waals surface area contributed by atoms with Gasteiger partial charge in [-0.2, -0.15) is 5.10 Å². The van der Waals surface area contributed by atoms with Gasteiger partial charge in [0.25, 0.3) is 0 Å². The highest BCUT2D eigenvalue weighted by Gasteiger charge is 2.29. The molecule has 2 aromatic rings. The van der Waals surface area contributed by atoms with E-state index in [1.165, 1.54) is 26.0 Å². The summed E-state index contributed by atoms with van der Waals surface area (Å²) in [5, 5.41) is 16.0. The Morgan fingerprint density at radius 2 is 1.83 bits per heavy atom. The van der Waals surface area contributed by atoms with Crippen molar-refractivity contribution in [2.75, 3.05) is 0 Å². The number of carbonyl (C=O) groups is 2. The molecule has 6 nitrogen and oxygen atoms in total. The molecule has 0 atom stereocenters. The minimum Gasteiger partial charge on any atom is -0.480 e. The molecule has 0 fully saturated rings. The van der Waals surface area contributed by atoms with Crippen molar-refractivity contribution >= 4 is 11.9 Å². The highest BCUT2D eigenvalue weighted by atomic mass is 19.1. The minimum absolute atomic E-state index is 0.0234. The summed E-state index contributed by atoms with van der Waals surface area (Å²) in [7, 11) is 0. The maximum absolute atomic E-state index is 13.1. The maximum Gasteiger partial charge on any atom is 0.328 e. The van der Waals surface area contributed by atoms with Crippen LogP contribution >= 0.6 is 0 Å². The molecule has 2 N–H and O–H groups in total. The van der Waals surface area contributed by atoms with Crippen LogP contribution in [0.5, 0.6) is 0 Å². The van der Waals surface area contributed by atoms with Gasteiger partial charge in [-0.05, 0) is 52.0 Å². The van der Waals surface area contributed by atoms with Gasteiger partial charge in [0.1, 0.15) is 11.4 Å². The van der Waals surface area contributed by atoms with Crippen molar-refractivity contribution in [3.63, 3.8) is 0 Å². The molecular formula is C17H20FN3O3. The van der Waals surface area contributed by atoms with Crippen LogP contribution in [0, 0.1) is 19.7 Å². The Kier molecular flexibility index (Phi) is 4.73. The molecule has 0 aliphatic rings. The van der Waals surface area contributed by atoms with Crippen molar-refractivity contribution in [2.45, 2.75) is 39.7 Å². The van der Waals surface area contributed by atoms with Crippen molar-refractivity contribution < 1.29 is 19.1 Å². The molecule has 1 heterocycles. The number of aryl methyl sites for hydroxylation is 1. The van der Waals surface area contributed by atoms with Crippen LogP contribution in [0.15, 0.2) is 24.3 Å². The van der Waals surface area contributed by atoms with E-state index in [9.17, 15) is 14.0 Å². The Morgan fingerprint density at radius 1 is 1.25 bits per heavy atom. The van der Waals surface area contributed by atoms with Gasteiger partial charge in [-0.25, -0.2) is 13.9 Å². The van der Waals surface area contributed by atoms with E-state index in [-0.39, 0.29) is 12.2 Å². The number of halogens is 1. The molecule has 0 aliphatic carbocycles. The van der Waals surface area contributed by atoms with E-state index < -0.39 is 17.4 Å². The standard InChI is InChI=1S/C17H20FN3O3/c1-10-14(9-15(22)19-17(3,4)16(23)24)11(2)21(20-10)13-7-5-12(18)6-8-13/h5-8H,9H2,1-4H3,(H,19,22)(H,23,24). The predicted molar refractivity (Wildman–Crippen MR) is 86.6 cm³/mol. The molecule has 1 amide bonds. The number of carboxylic acids is 1. The third-order valence-corrected chi connectivity index (χ3v) is 3.84. The molecule has 24 heavy (non-hydrogen) atoms. The normalized spacial score (nSPS) is 11.4. The Balaban J connectivity index is 2.25. The summed E-state index contributed by atoms with van der Waals surface area (Å²) in [6.07, 6.45) is 0.0234. The zero-order chi connectivity index (χ0) is 18.1. The highest BCUT2D eigenvalue weighted by Crippen LogP contribution is 2.19. The first-order chi connectivity index (χ1) is 11.1. The van der Waals surface area contributed by atoms with Crippen molar-refractivity contribution in [3.8, 4) is 5.69 Å². The van der Waals surface area contributed by atoms with Gasteiger partial charge in [0.15, 0.2) is 0 Å². The summed E-state index contributed by atoms with van der Waals surface area (Å²) in [5.74, 6) is -1.84. The lowest BCUT2D eigenvalue weighted by Crippen LogP contribution is -2.50. The van der Waals surface area contributed by atoms with Crippen LogP contribution in [-0.2, 0) is 16.0 Å². The van der Waals surface area contributed by atoms with E-state index in [2.05, 4.69) is 10.4 Å². The van der Waals surface area contributed by atoms with E-state index in [1.54, 1.807) is 23.7 Å². The molecule has 0 unspecified atom stereocenters. The van der Waals surface area contributed by atoms with E-state index in [1.807, 2.05) is 6.92 Å².